The van der Waals surface area contributed by atoms with Gasteiger partial charge in [0.05, 0.1) is 0 Å². The van der Waals surface area contributed by atoms with E-state index in [9.17, 15) is 0 Å². The van der Waals surface area contributed by atoms with Gasteiger partial charge in [-0.15, -0.1) is 53.7 Å². The molecule has 0 bridgehead atoms. The van der Waals surface area contributed by atoms with Crippen molar-refractivity contribution < 1.29 is 20.1 Å². The number of nitrogens with zero attached hydrogens (tertiary/aromatic N) is 3. The van der Waals surface area contributed by atoms with E-state index >= 15 is 0 Å². The molecule has 49 heavy (non-hydrogen) atoms. The van der Waals surface area contributed by atoms with E-state index in [1.54, 1.807) is 6.20 Å². The van der Waals surface area contributed by atoms with Crippen molar-refractivity contribution in [3.8, 4) is 11.3 Å². The number of fused-ring (bicyclic) bond motifs is 4. The Balaban J connectivity index is 0.000000270. The summed E-state index contributed by atoms with van der Waals surface area (Å²) in [7, 11) is 0. The summed E-state index contributed by atoms with van der Waals surface area (Å²) in [4.78, 5) is 11.8. The van der Waals surface area contributed by atoms with Crippen LogP contribution in [0.25, 0.3) is 11.3 Å². The van der Waals surface area contributed by atoms with Crippen molar-refractivity contribution in [3.05, 3.63) is 132 Å². The van der Waals surface area contributed by atoms with E-state index < -0.39 is 0 Å². The zero-order valence-electron chi connectivity index (χ0n) is 29.9. The Morgan fingerprint density at radius 2 is 1.51 bits per heavy atom. The molecule has 8 rings (SSSR count). The van der Waals surface area contributed by atoms with Gasteiger partial charge in [0.2, 0.25) is 0 Å². The Morgan fingerprint density at radius 3 is 2.16 bits per heavy atom. The molecule has 3 nitrogen and oxygen atoms in total. The molecule has 0 saturated carbocycles. The van der Waals surface area contributed by atoms with E-state index in [1.807, 2.05) is 54.2 Å². The summed E-state index contributed by atoms with van der Waals surface area (Å²) in [6.07, 6.45) is 4.22. The number of anilines is 4. The first kappa shape index (κ1) is 35.5. The fourth-order valence-corrected chi connectivity index (χ4v) is 8.59. The molecule has 0 atom stereocenters. The van der Waals surface area contributed by atoms with Gasteiger partial charge in [0.1, 0.15) is 0 Å². The number of rotatable bonds is 4. The first-order chi connectivity index (χ1) is 22.9. The number of hydrogen-bond acceptors (Lipinski definition) is 4. The molecule has 3 aliphatic rings. The summed E-state index contributed by atoms with van der Waals surface area (Å²) in [5.74, 6) is 0.980. The second-order valence-corrected chi connectivity index (χ2v) is 16.3. The third-order valence-corrected chi connectivity index (χ3v) is 11.4. The first-order valence-electron chi connectivity index (χ1n) is 17.3. The van der Waals surface area contributed by atoms with Crippen LogP contribution in [0.1, 0.15) is 102 Å². The fraction of sp³-hybridized carbons (Fsp3) is 0.318. The maximum absolute atomic E-state index is 4.22. The molecule has 0 fully saturated rings. The molecule has 0 N–H and O–H groups in total. The number of para-hydroxylation sites is 1. The second kappa shape index (κ2) is 13.7. The predicted molar refractivity (Wildman–Crippen MR) is 203 cm³/mol. The Bertz CT molecular complexity index is 1890. The molecule has 2 aliphatic heterocycles. The van der Waals surface area contributed by atoms with Crippen molar-refractivity contribution in [1.82, 2.24) is 4.98 Å². The van der Waals surface area contributed by atoms with Crippen molar-refractivity contribution in [3.63, 3.8) is 0 Å². The molecule has 4 aromatic carbocycles. The van der Waals surface area contributed by atoms with Crippen molar-refractivity contribution in [2.24, 2.45) is 0 Å². The maximum atomic E-state index is 4.22. The Hall–Kier alpha value is -3.37. The van der Waals surface area contributed by atoms with E-state index in [1.165, 1.54) is 67.6 Å². The van der Waals surface area contributed by atoms with Crippen molar-refractivity contribution in [1.29, 1.82) is 0 Å². The van der Waals surface area contributed by atoms with Crippen LogP contribution in [0, 0.1) is 18.8 Å². The van der Waals surface area contributed by atoms with Gasteiger partial charge in [-0.3, -0.25) is 0 Å². The van der Waals surface area contributed by atoms with Crippen LogP contribution in [-0.4, -0.2) is 4.98 Å². The van der Waals surface area contributed by atoms with Crippen LogP contribution in [-0.2, 0) is 30.9 Å². The average Bonchev–Trinajstić information content (AvgIpc) is 3.48. The molecule has 1 aliphatic carbocycles. The van der Waals surface area contributed by atoms with Crippen LogP contribution in [0.2, 0.25) is 0 Å². The van der Waals surface area contributed by atoms with Gasteiger partial charge in [0.15, 0.2) is 0 Å². The summed E-state index contributed by atoms with van der Waals surface area (Å²) in [6.45, 7) is 21.1. The molecule has 0 spiro atoms. The van der Waals surface area contributed by atoms with Crippen LogP contribution in [0.4, 0.5) is 22.7 Å². The molecule has 252 valence electrons. The molecule has 0 saturated heterocycles. The zero-order valence-corrected chi connectivity index (χ0v) is 33.1. The van der Waals surface area contributed by atoms with Crippen LogP contribution < -0.4 is 9.80 Å². The SMILES string of the molecule is CC(C)c1cc(C(C)C)cc(N2[CH-]N3c4[c-]cc5c(c4Sc4cccc2c43)C(C)(C)CCC5(C)C)c1.[Ir+3].[c-]1ccccc1-c1ccccn1. The fourth-order valence-electron chi connectivity index (χ4n) is 7.18. The minimum atomic E-state index is 0. The summed E-state index contributed by atoms with van der Waals surface area (Å²) in [5, 5.41) is 0. The second-order valence-electron chi connectivity index (χ2n) is 15.3. The number of aromatic nitrogens is 1. The van der Waals surface area contributed by atoms with Crippen molar-refractivity contribution in [2.75, 3.05) is 9.80 Å². The Morgan fingerprint density at radius 1 is 0.796 bits per heavy atom. The van der Waals surface area contributed by atoms with E-state index in [0.29, 0.717) is 11.8 Å². The zero-order chi connectivity index (χ0) is 33.8. The van der Waals surface area contributed by atoms with Gasteiger partial charge in [-0.2, -0.15) is 23.9 Å². The van der Waals surface area contributed by atoms with Gasteiger partial charge >= 0.3 is 20.1 Å². The van der Waals surface area contributed by atoms with Gasteiger partial charge in [-0.05, 0) is 70.8 Å². The van der Waals surface area contributed by atoms with Crippen LogP contribution in [0.3, 0.4) is 0 Å². The smallest absolute Gasteiger partial charge is 0.492 e. The van der Waals surface area contributed by atoms with E-state index in [2.05, 4.69) is 131 Å². The van der Waals surface area contributed by atoms with Gasteiger partial charge < -0.3 is 14.8 Å². The number of pyridine rings is 1. The van der Waals surface area contributed by atoms with Gasteiger partial charge in [-0.25, -0.2) is 0 Å². The van der Waals surface area contributed by atoms with Gasteiger partial charge in [-0.1, -0.05) is 102 Å². The van der Waals surface area contributed by atoms with Crippen LogP contribution in [0.15, 0.2) is 101 Å². The number of hydrogen-bond donors (Lipinski definition) is 0. The third-order valence-electron chi connectivity index (χ3n) is 10.2. The molecule has 0 radical (unpaired) electrons. The molecule has 1 aromatic heterocycles. The Labute approximate surface area is 311 Å². The van der Waals surface area contributed by atoms with E-state index in [-0.39, 0.29) is 30.9 Å². The van der Waals surface area contributed by atoms with E-state index in [4.69, 9.17) is 0 Å². The molecular formula is C44H46IrN3S. The molecule has 5 heteroatoms. The van der Waals surface area contributed by atoms with Crippen LogP contribution >= 0.6 is 11.8 Å². The standard InChI is InChI=1S/C33H38N2S.C11H8N.Ir/c1-20(2)22-16-23(21(3)4)18-24(17-22)34-19-35-27-13-12-25-29(33(7,8)15-14-32(25,5)6)31(27)36-28-11-9-10-26(34)30(28)35;1-2-6-10(7-3-1)11-8-4-5-9-12-11;/h9-12,16-21H,14-15H2,1-8H3;1-6,8-9H;/q-2;-1;+3. The predicted octanol–water partition coefficient (Wildman–Crippen LogP) is 12.5. The van der Waals surface area contributed by atoms with E-state index in [0.717, 1.165) is 11.3 Å². The molecule has 0 unspecified atom stereocenters. The first-order valence-corrected chi connectivity index (χ1v) is 18.1. The monoisotopic (exact) mass is 841 g/mol. The summed E-state index contributed by atoms with van der Waals surface area (Å²) < 4.78 is 0. The maximum Gasteiger partial charge on any atom is 3.00 e. The molecule has 5 aromatic rings. The summed E-state index contributed by atoms with van der Waals surface area (Å²) in [6, 6.07) is 36.8. The minimum absolute atomic E-state index is 0. The van der Waals surface area contributed by atoms with Crippen molar-refractivity contribution in [2.45, 2.75) is 101 Å². The Kier molecular flexibility index (Phi) is 9.94. The van der Waals surface area contributed by atoms with Crippen molar-refractivity contribution >= 4 is 34.5 Å². The topological polar surface area (TPSA) is 19.4 Å². The molecule has 0 amide bonds. The summed E-state index contributed by atoms with van der Waals surface area (Å²) >= 11 is 1.95. The molecule has 3 heterocycles. The number of benzene rings is 4. The third kappa shape index (κ3) is 6.63. The quantitative estimate of drug-likeness (QED) is 0.168. The van der Waals surface area contributed by atoms with Crippen LogP contribution in [0.5, 0.6) is 0 Å². The largest absolute Gasteiger partial charge is 3.00 e. The van der Waals surface area contributed by atoms with Gasteiger partial charge in [0.25, 0.3) is 0 Å². The average molecular weight is 841 g/mol. The minimum Gasteiger partial charge on any atom is -0.492 e. The normalized spacial score (nSPS) is 16.3. The van der Waals surface area contributed by atoms with Gasteiger partial charge in [0, 0.05) is 28.2 Å². The molecular weight excluding hydrogens is 795 g/mol. The summed E-state index contributed by atoms with van der Waals surface area (Å²) in [5.41, 5.74) is 13.2.